The fourth-order valence-corrected chi connectivity index (χ4v) is 3.19. The van der Waals surface area contributed by atoms with Crippen molar-refractivity contribution in [2.45, 2.75) is 12.8 Å². The molecule has 1 aliphatic rings. The molecule has 4 rings (SSSR count). The number of carbonyl (C=O) groups is 1. The molecular formula is C21H16O. The van der Waals surface area contributed by atoms with Crippen LogP contribution in [0.2, 0.25) is 0 Å². The maximum Gasteiger partial charge on any atom is 0.167 e. The monoisotopic (exact) mass is 284 g/mol. The normalized spacial score (nSPS) is 11.8. The molecule has 0 saturated heterocycles. The van der Waals surface area contributed by atoms with Gasteiger partial charge < -0.3 is 0 Å². The first-order valence-electron chi connectivity index (χ1n) is 7.59. The smallest absolute Gasteiger partial charge is 0.167 e. The molecule has 0 N–H and O–H groups in total. The Kier molecular flexibility index (Phi) is 3.12. The van der Waals surface area contributed by atoms with E-state index in [2.05, 4.69) is 42.5 Å². The van der Waals surface area contributed by atoms with Gasteiger partial charge in [-0.05, 0) is 34.2 Å². The van der Waals surface area contributed by atoms with Gasteiger partial charge in [0.2, 0.25) is 0 Å². The second-order valence-electron chi connectivity index (χ2n) is 5.79. The molecule has 22 heavy (non-hydrogen) atoms. The zero-order valence-corrected chi connectivity index (χ0v) is 12.3. The van der Waals surface area contributed by atoms with E-state index in [1.54, 1.807) is 0 Å². The highest BCUT2D eigenvalue weighted by molar-refractivity contribution is 5.97. The third-order valence-corrected chi connectivity index (χ3v) is 4.32. The van der Waals surface area contributed by atoms with Crippen molar-refractivity contribution in [2.24, 2.45) is 0 Å². The van der Waals surface area contributed by atoms with Crippen molar-refractivity contribution >= 4 is 5.78 Å². The second-order valence-corrected chi connectivity index (χ2v) is 5.79. The molecule has 0 aliphatic heterocycles. The van der Waals surface area contributed by atoms with Crippen molar-refractivity contribution in [3.05, 3.63) is 95.1 Å². The molecule has 0 radical (unpaired) electrons. The van der Waals surface area contributed by atoms with Gasteiger partial charge in [0.15, 0.2) is 5.78 Å². The van der Waals surface area contributed by atoms with Gasteiger partial charge >= 0.3 is 0 Å². The number of Topliss-reactive ketones (excluding diaryl/α,β-unsaturated/α-hetero) is 1. The molecule has 0 atom stereocenters. The van der Waals surface area contributed by atoms with E-state index in [4.69, 9.17) is 0 Å². The van der Waals surface area contributed by atoms with Crippen molar-refractivity contribution in [3.8, 4) is 11.1 Å². The Labute approximate surface area is 130 Å². The van der Waals surface area contributed by atoms with Gasteiger partial charge in [0.1, 0.15) is 0 Å². The van der Waals surface area contributed by atoms with Crippen LogP contribution in [0, 0.1) is 0 Å². The van der Waals surface area contributed by atoms with Crippen LogP contribution >= 0.6 is 0 Å². The van der Waals surface area contributed by atoms with Gasteiger partial charge in [-0.2, -0.15) is 0 Å². The molecule has 1 aliphatic carbocycles. The Morgan fingerprint density at radius 1 is 0.773 bits per heavy atom. The Morgan fingerprint density at radius 2 is 1.50 bits per heavy atom. The number of fused-ring (bicyclic) bond motifs is 3. The summed E-state index contributed by atoms with van der Waals surface area (Å²) in [7, 11) is 0. The number of hydrogen-bond donors (Lipinski definition) is 0. The zero-order chi connectivity index (χ0) is 14.9. The van der Waals surface area contributed by atoms with Crippen molar-refractivity contribution in [2.75, 3.05) is 0 Å². The molecule has 3 aromatic carbocycles. The van der Waals surface area contributed by atoms with Gasteiger partial charge in [-0.25, -0.2) is 0 Å². The first-order chi connectivity index (χ1) is 10.8. The Hall–Kier alpha value is -2.67. The molecule has 1 heteroatoms. The van der Waals surface area contributed by atoms with Crippen molar-refractivity contribution < 1.29 is 4.79 Å². The van der Waals surface area contributed by atoms with Gasteiger partial charge in [0.25, 0.3) is 0 Å². The van der Waals surface area contributed by atoms with Crippen LogP contribution in [0.3, 0.4) is 0 Å². The summed E-state index contributed by atoms with van der Waals surface area (Å²) in [4.78, 5) is 12.4. The van der Waals surface area contributed by atoms with E-state index in [1.165, 1.54) is 22.3 Å². The number of hydrogen-bond acceptors (Lipinski definition) is 1. The van der Waals surface area contributed by atoms with Crippen molar-refractivity contribution in [3.63, 3.8) is 0 Å². The first kappa shape index (κ1) is 13.0. The minimum Gasteiger partial charge on any atom is -0.294 e. The molecule has 3 aromatic rings. The summed E-state index contributed by atoms with van der Waals surface area (Å²) in [6, 6.07) is 24.5. The topological polar surface area (TPSA) is 17.1 Å². The van der Waals surface area contributed by atoms with E-state index in [0.717, 1.165) is 17.5 Å². The fourth-order valence-electron chi connectivity index (χ4n) is 3.19. The summed E-state index contributed by atoms with van der Waals surface area (Å²) < 4.78 is 0. The van der Waals surface area contributed by atoms with Crippen molar-refractivity contribution in [1.29, 1.82) is 0 Å². The van der Waals surface area contributed by atoms with Crippen LogP contribution in [0.1, 0.15) is 27.0 Å². The van der Waals surface area contributed by atoms with E-state index < -0.39 is 0 Å². The lowest BCUT2D eigenvalue weighted by Crippen LogP contribution is -2.03. The maximum atomic E-state index is 12.4. The second kappa shape index (κ2) is 5.27. The first-order valence-corrected chi connectivity index (χ1v) is 7.59. The molecule has 1 nitrogen and oxygen atoms in total. The molecule has 0 aromatic heterocycles. The van der Waals surface area contributed by atoms with E-state index in [1.807, 2.05) is 30.3 Å². The van der Waals surface area contributed by atoms with E-state index >= 15 is 0 Å². The van der Waals surface area contributed by atoms with Gasteiger partial charge in [0.05, 0.1) is 0 Å². The number of rotatable bonds is 3. The highest BCUT2D eigenvalue weighted by Gasteiger charge is 2.18. The average molecular weight is 284 g/mol. The largest absolute Gasteiger partial charge is 0.294 e. The summed E-state index contributed by atoms with van der Waals surface area (Å²) in [6.07, 6.45) is 1.46. The fraction of sp³-hybridized carbons (Fsp3) is 0.0952. The quantitative estimate of drug-likeness (QED) is 0.499. The van der Waals surface area contributed by atoms with Crippen LogP contribution in [0.5, 0.6) is 0 Å². The van der Waals surface area contributed by atoms with Gasteiger partial charge in [-0.15, -0.1) is 0 Å². The van der Waals surface area contributed by atoms with Gasteiger partial charge in [0, 0.05) is 12.0 Å². The lowest BCUT2D eigenvalue weighted by molar-refractivity contribution is 0.0993. The number of carbonyl (C=O) groups excluding carboxylic acids is 1. The molecule has 0 fully saturated rings. The highest BCUT2D eigenvalue weighted by Crippen LogP contribution is 2.36. The van der Waals surface area contributed by atoms with Crippen LogP contribution in [0.25, 0.3) is 11.1 Å². The molecule has 0 bridgehead atoms. The minimum atomic E-state index is 0.173. The maximum absolute atomic E-state index is 12.4. The Bertz CT molecular complexity index is 847. The lowest BCUT2D eigenvalue weighted by Gasteiger charge is -2.06. The molecule has 0 heterocycles. The highest BCUT2D eigenvalue weighted by atomic mass is 16.1. The summed E-state index contributed by atoms with van der Waals surface area (Å²) in [5.74, 6) is 0.173. The molecule has 0 saturated carbocycles. The summed E-state index contributed by atoms with van der Waals surface area (Å²) >= 11 is 0. The molecule has 106 valence electrons. The molecular weight excluding hydrogens is 268 g/mol. The predicted octanol–water partition coefficient (Wildman–Crippen LogP) is 4.68. The standard InChI is InChI=1S/C21H16O/c22-21(16-6-2-1-3-7-16)13-15-10-11-18-14-17-8-4-5-9-19(17)20(18)12-15/h1-12H,13-14H2. The SMILES string of the molecule is O=C(Cc1ccc2c(c1)-c1ccccc1C2)c1ccccc1. The molecule has 0 unspecified atom stereocenters. The van der Waals surface area contributed by atoms with E-state index in [-0.39, 0.29) is 5.78 Å². The van der Waals surface area contributed by atoms with Crippen LogP contribution in [-0.2, 0) is 12.8 Å². The predicted molar refractivity (Wildman–Crippen MR) is 89.2 cm³/mol. The van der Waals surface area contributed by atoms with Crippen LogP contribution in [-0.4, -0.2) is 5.78 Å². The average Bonchev–Trinajstić information content (AvgIpc) is 2.94. The lowest BCUT2D eigenvalue weighted by atomic mass is 9.98. The zero-order valence-electron chi connectivity index (χ0n) is 12.3. The third-order valence-electron chi connectivity index (χ3n) is 4.32. The van der Waals surface area contributed by atoms with Crippen LogP contribution < -0.4 is 0 Å². The molecule has 0 amide bonds. The number of ketones is 1. The van der Waals surface area contributed by atoms with Crippen LogP contribution in [0.15, 0.2) is 72.8 Å². The Balaban J connectivity index is 1.65. The van der Waals surface area contributed by atoms with Crippen molar-refractivity contribution in [1.82, 2.24) is 0 Å². The summed E-state index contributed by atoms with van der Waals surface area (Å²) in [5.41, 5.74) is 7.20. The Morgan fingerprint density at radius 3 is 2.36 bits per heavy atom. The van der Waals surface area contributed by atoms with Crippen LogP contribution in [0.4, 0.5) is 0 Å². The van der Waals surface area contributed by atoms with Gasteiger partial charge in [-0.1, -0.05) is 72.8 Å². The van der Waals surface area contributed by atoms with Gasteiger partial charge in [-0.3, -0.25) is 4.79 Å². The molecule has 0 spiro atoms. The van der Waals surface area contributed by atoms with E-state index in [0.29, 0.717) is 6.42 Å². The third kappa shape index (κ3) is 2.25. The number of benzene rings is 3. The summed E-state index contributed by atoms with van der Waals surface area (Å²) in [6.45, 7) is 0. The minimum absolute atomic E-state index is 0.173. The summed E-state index contributed by atoms with van der Waals surface area (Å²) in [5, 5.41) is 0. The van der Waals surface area contributed by atoms with E-state index in [9.17, 15) is 4.79 Å².